The van der Waals surface area contributed by atoms with E-state index in [9.17, 15) is 40.2 Å². The zero-order valence-corrected chi connectivity index (χ0v) is 33.5. The molecule has 1 amide bonds. The maximum atomic E-state index is 14.3. The van der Waals surface area contributed by atoms with Gasteiger partial charge in [-0.25, -0.2) is 0 Å². The number of allylic oxidation sites excluding steroid dienone is 2. The Labute approximate surface area is 327 Å². The molecule has 1 saturated heterocycles. The Bertz CT molecular complexity index is 1950. The third kappa shape index (κ3) is 7.96. The molecule has 2 aromatic carbocycles. The molecule has 9 atom stereocenters. The molecule has 6 rings (SSSR count). The number of phenols is 3. The largest absolute Gasteiger partial charge is 0.507 e. The van der Waals surface area contributed by atoms with Gasteiger partial charge in [-0.1, -0.05) is 45.9 Å². The highest BCUT2D eigenvalue weighted by Crippen LogP contribution is 2.55. The monoisotopic (exact) mass is 780 g/mol. The van der Waals surface area contributed by atoms with Crippen LogP contribution in [0.1, 0.15) is 63.0 Å². The van der Waals surface area contributed by atoms with Crippen molar-refractivity contribution in [2.24, 2.45) is 28.8 Å². The molecule has 1 fully saturated rings. The summed E-state index contributed by atoms with van der Waals surface area (Å²) in [6.45, 7) is 13.8. The molecule has 4 aliphatic rings. The first-order valence-corrected chi connectivity index (χ1v) is 18.9. The van der Waals surface area contributed by atoms with E-state index in [1.54, 1.807) is 44.9 Å². The number of hydrogen-bond donors (Lipinski definition) is 7. The van der Waals surface area contributed by atoms with Gasteiger partial charge in [-0.3, -0.25) is 14.6 Å². The van der Waals surface area contributed by atoms with Crippen LogP contribution in [-0.4, -0.2) is 129 Å². The van der Waals surface area contributed by atoms with E-state index >= 15 is 0 Å². The lowest BCUT2D eigenvalue weighted by Crippen LogP contribution is -2.44. The van der Waals surface area contributed by atoms with Gasteiger partial charge in [-0.2, -0.15) is 5.10 Å². The summed E-state index contributed by atoms with van der Waals surface area (Å²) in [5.74, 6) is -7.59. The number of ketones is 1. The van der Waals surface area contributed by atoms with E-state index in [1.165, 1.54) is 52.5 Å². The number of aliphatic hydroxyl groups is 3. The number of likely N-dealkylation sites (N-methyl/N-ethyl adjacent to an activating group) is 1. The first-order chi connectivity index (χ1) is 26.3. The smallest absolute Gasteiger partial charge is 0.312 e. The number of hydrazone groups is 1. The molecule has 0 saturated carbocycles. The second-order valence-electron chi connectivity index (χ2n) is 15.5. The van der Waals surface area contributed by atoms with E-state index < -0.39 is 82.8 Å². The minimum absolute atomic E-state index is 0.0688. The van der Waals surface area contributed by atoms with Crippen LogP contribution in [0.2, 0.25) is 0 Å². The van der Waals surface area contributed by atoms with Crippen molar-refractivity contribution in [3.05, 3.63) is 52.8 Å². The fraction of sp³-hybridized carbons (Fsp3) is 0.537. The number of benzene rings is 2. The summed E-state index contributed by atoms with van der Waals surface area (Å²) in [5.41, 5.74) is -0.290. The van der Waals surface area contributed by atoms with Crippen molar-refractivity contribution in [3.8, 4) is 23.0 Å². The van der Waals surface area contributed by atoms with E-state index in [4.69, 9.17) is 14.2 Å². The number of phenolic OH excluding ortho intramolecular Hbond substituents is 3. The van der Waals surface area contributed by atoms with E-state index in [1.807, 2.05) is 7.05 Å². The van der Waals surface area contributed by atoms with Crippen molar-refractivity contribution in [1.29, 1.82) is 0 Å². The molecule has 0 radical (unpaired) electrons. The van der Waals surface area contributed by atoms with Crippen molar-refractivity contribution in [2.75, 3.05) is 45.7 Å². The molecule has 56 heavy (non-hydrogen) atoms. The van der Waals surface area contributed by atoms with Gasteiger partial charge in [-0.05, 0) is 27.0 Å². The third-order valence-corrected chi connectivity index (χ3v) is 11.6. The van der Waals surface area contributed by atoms with E-state index in [0.717, 1.165) is 13.1 Å². The van der Waals surface area contributed by atoms with E-state index in [-0.39, 0.29) is 44.5 Å². The first-order valence-electron chi connectivity index (χ1n) is 18.9. The molecule has 5 bridgehead atoms. The number of piperazine rings is 1. The van der Waals surface area contributed by atoms with Crippen molar-refractivity contribution >= 4 is 34.4 Å². The van der Waals surface area contributed by atoms with Gasteiger partial charge in [0.15, 0.2) is 5.75 Å². The Morgan fingerprint density at radius 3 is 2.16 bits per heavy atom. The van der Waals surface area contributed by atoms with Crippen LogP contribution in [0.4, 0.5) is 5.69 Å². The number of carbonyl (C=O) groups excluding carboxylic acids is 2. The second-order valence-corrected chi connectivity index (χ2v) is 15.5. The van der Waals surface area contributed by atoms with Crippen LogP contribution in [0.3, 0.4) is 0 Å². The standard InChI is InChI=1S/C41H56N4O11/c1-20-11-10-12-21(2)40(53)43-31-26(19-42-45-16-14-44(8)15-17-45)36(50)28-29(37(31)51)35(49)25(6)38-30(28)39(52)41(7,56-38)55-18-13-27(54-9)22(3)33(47)24(5)34(48)23(4)32(20)46/h10-13,18-20,22-24,27,32-34,46-51H,14-17H2,1-9H3,(H,43,53)/b11-10?,18-13?,21-12?,42-19+/t20-,22+,23+,24-,27-,32-,33+,34+,41-/m0/s1. The molecule has 15 nitrogen and oxygen atoms in total. The van der Waals surface area contributed by atoms with Gasteiger partial charge in [0.1, 0.15) is 17.2 Å². The molecule has 2 aromatic rings. The summed E-state index contributed by atoms with van der Waals surface area (Å²) < 4.78 is 17.7. The number of aromatic hydroxyl groups is 3. The summed E-state index contributed by atoms with van der Waals surface area (Å²) in [4.78, 5) is 30.1. The van der Waals surface area contributed by atoms with Gasteiger partial charge in [0.05, 0.1) is 59.1 Å². The summed E-state index contributed by atoms with van der Waals surface area (Å²) >= 11 is 0. The summed E-state index contributed by atoms with van der Waals surface area (Å²) in [7, 11) is 3.43. The number of carbonyl (C=O) groups is 2. The van der Waals surface area contributed by atoms with Crippen LogP contribution in [0.5, 0.6) is 23.0 Å². The molecule has 4 heterocycles. The molecule has 0 spiro atoms. The second kappa shape index (κ2) is 16.8. The Kier molecular flexibility index (Phi) is 12.8. The number of amides is 1. The molecule has 15 heteroatoms. The molecular formula is C41H56N4O11. The Morgan fingerprint density at radius 2 is 1.52 bits per heavy atom. The fourth-order valence-electron chi connectivity index (χ4n) is 7.53. The molecule has 0 aromatic heterocycles. The Balaban J connectivity index is 1.70. The van der Waals surface area contributed by atoms with Crippen LogP contribution in [0.25, 0.3) is 10.8 Å². The van der Waals surface area contributed by atoms with Crippen molar-refractivity contribution in [1.82, 2.24) is 9.91 Å². The number of anilines is 1. The van der Waals surface area contributed by atoms with Crippen LogP contribution >= 0.6 is 0 Å². The van der Waals surface area contributed by atoms with Crippen molar-refractivity contribution in [2.45, 2.75) is 78.7 Å². The summed E-state index contributed by atoms with van der Waals surface area (Å²) in [5, 5.41) is 77.6. The molecule has 0 unspecified atom stereocenters. The maximum Gasteiger partial charge on any atom is 0.312 e. The van der Waals surface area contributed by atoms with Crippen LogP contribution in [0, 0.1) is 30.6 Å². The van der Waals surface area contributed by atoms with Gasteiger partial charge in [0, 0.05) is 80.4 Å². The number of hydrogen-bond acceptors (Lipinski definition) is 14. The zero-order valence-electron chi connectivity index (χ0n) is 33.5. The van der Waals surface area contributed by atoms with Crippen LogP contribution in [-0.2, 0) is 14.3 Å². The normalized spacial score (nSPS) is 31.2. The van der Waals surface area contributed by atoms with Crippen molar-refractivity contribution < 1.29 is 54.4 Å². The molecule has 4 aliphatic heterocycles. The maximum absolute atomic E-state index is 14.3. The van der Waals surface area contributed by atoms with E-state index in [0.29, 0.717) is 13.1 Å². The highest BCUT2D eigenvalue weighted by atomic mass is 16.7. The predicted octanol–water partition coefficient (Wildman–Crippen LogP) is 3.76. The number of aliphatic hydroxyl groups excluding tert-OH is 3. The summed E-state index contributed by atoms with van der Waals surface area (Å²) in [6.07, 6.45) is 4.79. The molecule has 0 aliphatic carbocycles. The predicted molar refractivity (Wildman–Crippen MR) is 211 cm³/mol. The van der Waals surface area contributed by atoms with Gasteiger partial charge in [-0.15, -0.1) is 0 Å². The van der Waals surface area contributed by atoms with Crippen LogP contribution in [0.15, 0.2) is 41.2 Å². The highest BCUT2D eigenvalue weighted by molar-refractivity contribution is 6.23. The van der Waals surface area contributed by atoms with Gasteiger partial charge in [0.25, 0.3) is 11.7 Å². The number of Topliss-reactive ketones (excluding diaryl/α,β-unsaturated/α-hetero) is 1. The number of nitrogens with one attached hydrogen (secondary N) is 1. The lowest BCUT2D eigenvalue weighted by atomic mass is 9.78. The number of rotatable bonds is 3. The Morgan fingerprint density at radius 1 is 0.893 bits per heavy atom. The van der Waals surface area contributed by atoms with Crippen LogP contribution < -0.4 is 10.1 Å². The van der Waals surface area contributed by atoms with Gasteiger partial charge in [0.2, 0.25) is 0 Å². The fourth-order valence-corrected chi connectivity index (χ4v) is 7.53. The lowest BCUT2D eigenvalue weighted by Gasteiger charge is -2.36. The first kappa shape index (κ1) is 42.5. The average molecular weight is 781 g/mol. The number of ether oxygens (including phenoxy) is 3. The number of nitrogens with zero attached hydrogens (tertiary/aromatic N) is 3. The quantitative estimate of drug-likeness (QED) is 0.134. The number of methoxy groups -OCH3 is 1. The number of fused-ring (bicyclic) bond motifs is 14. The Hall–Kier alpha value is -4.67. The van der Waals surface area contributed by atoms with E-state index in [2.05, 4.69) is 15.3 Å². The average Bonchev–Trinajstić information content (AvgIpc) is 3.44. The van der Waals surface area contributed by atoms with Gasteiger partial charge < -0.3 is 55.1 Å². The highest BCUT2D eigenvalue weighted by Gasteiger charge is 2.50. The minimum atomic E-state index is -2.01. The lowest BCUT2D eigenvalue weighted by molar-refractivity contribution is -0.112. The van der Waals surface area contributed by atoms with Gasteiger partial charge >= 0.3 is 5.79 Å². The minimum Gasteiger partial charge on any atom is -0.507 e. The van der Waals surface area contributed by atoms with Crippen molar-refractivity contribution in [3.63, 3.8) is 0 Å². The topological polar surface area (TPSA) is 214 Å². The summed E-state index contributed by atoms with van der Waals surface area (Å²) in [6, 6.07) is 0. The SMILES string of the molecule is CO[C@H]1C=CO[C@@]2(C)Oc3c(C)c(O)c4c(O)c(c(/C=N/N5CCN(C)CC5)c(O)c4c3C2=O)NC(=O)C(C)=CC=C[C@H](C)[C@H](O)[C@@H](C)[C@@H](O)[C@@H](C)[C@H](O)[C@@H]1C. The third-order valence-electron chi connectivity index (χ3n) is 11.6. The zero-order chi connectivity index (χ0) is 41.4. The molecular weight excluding hydrogens is 724 g/mol. The molecule has 306 valence electrons. The molecule has 7 N–H and O–H groups in total.